The Hall–Kier alpha value is -2.03. The van der Waals surface area contributed by atoms with Gasteiger partial charge in [0.05, 0.1) is 11.5 Å². The molecular weight excluding hydrogens is 349 g/mol. The normalized spacial score (nSPS) is 11.0. The van der Waals surface area contributed by atoms with E-state index in [4.69, 9.17) is 4.42 Å². The van der Waals surface area contributed by atoms with Crippen LogP contribution in [0.15, 0.2) is 33.5 Å². The Morgan fingerprint density at radius 3 is 2.08 bits per heavy atom. The molecule has 2 rings (SSSR count). The third-order valence-corrected chi connectivity index (χ3v) is 3.31. The molecule has 0 spiro atoms. The fourth-order valence-corrected chi connectivity index (χ4v) is 1.94. The van der Waals surface area contributed by atoms with Gasteiger partial charge in [-0.2, -0.15) is 21.6 Å². The Morgan fingerprint density at radius 1 is 1.04 bits per heavy atom. The number of benzene rings is 1. The summed E-state index contributed by atoms with van der Waals surface area (Å²) in [6.45, 7) is 9.67. The molecule has 0 saturated carbocycles. The van der Waals surface area contributed by atoms with Crippen LogP contribution in [0.1, 0.15) is 33.3 Å². The van der Waals surface area contributed by atoms with Gasteiger partial charge >= 0.3 is 21.3 Å². The second kappa shape index (κ2) is 8.72. The molecule has 0 bridgehead atoms. The van der Waals surface area contributed by atoms with Crippen molar-refractivity contribution in [3.63, 3.8) is 0 Å². The molecule has 1 aromatic carbocycles. The zero-order chi connectivity index (χ0) is 19.1. The average Bonchev–Trinajstić information content (AvgIpc) is 2.49. The highest BCUT2D eigenvalue weighted by molar-refractivity contribution is 7.88. The SMILES string of the molecule is CC.CC.Cc1ccc2c(OS(=O)(=O)C(F)(F)F)cc(=O)oc2c1. The molecule has 5 nitrogen and oxygen atoms in total. The van der Waals surface area contributed by atoms with Gasteiger partial charge in [0.2, 0.25) is 0 Å². The summed E-state index contributed by atoms with van der Waals surface area (Å²) in [5, 5.41) is -0.0528. The first kappa shape index (κ1) is 22.0. The third kappa shape index (κ3) is 5.26. The van der Waals surface area contributed by atoms with Crippen LogP contribution in [0.25, 0.3) is 11.0 Å². The lowest BCUT2D eigenvalue weighted by Gasteiger charge is -2.10. The van der Waals surface area contributed by atoms with E-state index >= 15 is 0 Å². The lowest BCUT2D eigenvalue weighted by atomic mass is 10.1. The quantitative estimate of drug-likeness (QED) is 0.447. The van der Waals surface area contributed by atoms with Gasteiger partial charge in [0, 0.05) is 0 Å². The maximum absolute atomic E-state index is 12.3. The number of hydrogen-bond acceptors (Lipinski definition) is 5. The summed E-state index contributed by atoms with van der Waals surface area (Å²) < 4.78 is 67.5. The molecule has 9 heteroatoms. The molecule has 136 valence electrons. The smallest absolute Gasteiger partial charge is 0.422 e. The van der Waals surface area contributed by atoms with Crippen LogP contribution >= 0.6 is 0 Å². The number of hydrogen-bond donors (Lipinski definition) is 0. The van der Waals surface area contributed by atoms with Crippen molar-refractivity contribution >= 4 is 21.1 Å². The highest BCUT2D eigenvalue weighted by Gasteiger charge is 2.48. The van der Waals surface area contributed by atoms with Gasteiger partial charge in [0.15, 0.2) is 5.75 Å². The number of rotatable bonds is 2. The molecule has 0 radical (unpaired) electrons. The molecule has 0 atom stereocenters. The van der Waals surface area contributed by atoms with Crippen LogP contribution in [0.5, 0.6) is 5.75 Å². The number of alkyl halides is 3. The van der Waals surface area contributed by atoms with Crippen LogP contribution in [-0.2, 0) is 10.1 Å². The molecule has 0 saturated heterocycles. The minimum atomic E-state index is -5.85. The van der Waals surface area contributed by atoms with Gasteiger partial charge in [-0.1, -0.05) is 33.8 Å². The Labute approximate surface area is 138 Å². The molecule has 0 N–H and O–H groups in total. The second-order valence-electron chi connectivity index (χ2n) is 3.91. The van der Waals surface area contributed by atoms with Crippen molar-refractivity contribution in [2.24, 2.45) is 0 Å². The molecule has 1 aromatic heterocycles. The zero-order valence-corrected chi connectivity index (χ0v) is 14.7. The van der Waals surface area contributed by atoms with Crippen molar-refractivity contribution in [2.75, 3.05) is 0 Å². The van der Waals surface area contributed by atoms with Crippen molar-refractivity contribution in [1.82, 2.24) is 0 Å². The van der Waals surface area contributed by atoms with Crippen LogP contribution < -0.4 is 9.81 Å². The minimum Gasteiger partial charge on any atom is -0.422 e. The van der Waals surface area contributed by atoms with Gasteiger partial charge in [0.1, 0.15) is 5.58 Å². The van der Waals surface area contributed by atoms with E-state index in [1.807, 2.05) is 27.7 Å². The van der Waals surface area contributed by atoms with Crippen molar-refractivity contribution < 1.29 is 30.2 Å². The van der Waals surface area contributed by atoms with E-state index in [-0.39, 0.29) is 11.0 Å². The highest BCUT2D eigenvalue weighted by Crippen LogP contribution is 2.30. The van der Waals surface area contributed by atoms with Crippen LogP contribution in [0.3, 0.4) is 0 Å². The number of fused-ring (bicyclic) bond motifs is 1. The van der Waals surface area contributed by atoms with Crippen molar-refractivity contribution in [1.29, 1.82) is 0 Å². The van der Waals surface area contributed by atoms with E-state index in [1.165, 1.54) is 18.2 Å². The Balaban J connectivity index is 0.00000123. The fourth-order valence-electron chi connectivity index (χ4n) is 1.47. The topological polar surface area (TPSA) is 73.6 Å². The summed E-state index contributed by atoms with van der Waals surface area (Å²) in [5.41, 5.74) is -5.99. The summed E-state index contributed by atoms with van der Waals surface area (Å²) in [6.07, 6.45) is 0. The van der Waals surface area contributed by atoms with Crippen LogP contribution in [0.4, 0.5) is 13.2 Å². The molecule has 2 aromatic rings. The molecule has 1 heterocycles. The van der Waals surface area contributed by atoms with E-state index in [9.17, 15) is 26.4 Å². The Kier molecular flexibility index (Phi) is 7.98. The van der Waals surface area contributed by atoms with Crippen LogP contribution in [0, 0.1) is 6.92 Å². The van der Waals surface area contributed by atoms with Crippen molar-refractivity contribution in [2.45, 2.75) is 40.1 Å². The number of halogens is 3. The standard InChI is InChI=1S/C11H7F3O5S.2C2H6/c1-6-2-3-7-8(4-6)18-10(15)5-9(7)19-20(16,17)11(12,13)14;2*1-2/h2-5H,1H3;2*1-2H3. The summed E-state index contributed by atoms with van der Waals surface area (Å²) in [6, 6.07) is 4.73. The first-order chi connectivity index (χ1) is 11.1. The summed E-state index contributed by atoms with van der Waals surface area (Å²) in [4.78, 5) is 11.2. The van der Waals surface area contributed by atoms with Gasteiger partial charge in [0.25, 0.3) is 0 Å². The summed E-state index contributed by atoms with van der Waals surface area (Å²) in [7, 11) is -5.85. The largest absolute Gasteiger partial charge is 0.534 e. The van der Waals surface area contributed by atoms with E-state index in [0.717, 1.165) is 0 Å². The summed E-state index contributed by atoms with van der Waals surface area (Å²) in [5.74, 6) is -0.728. The molecule has 0 aliphatic rings. The lowest BCUT2D eigenvalue weighted by Crippen LogP contribution is -2.28. The molecule has 0 aliphatic carbocycles. The zero-order valence-electron chi connectivity index (χ0n) is 13.9. The van der Waals surface area contributed by atoms with E-state index in [2.05, 4.69) is 4.18 Å². The highest BCUT2D eigenvalue weighted by atomic mass is 32.2. The van der Waals surface area contributed by atoms with Crippen molar-refractivity contribution in [3.8, 4) is 5.75 Å². The van der Waals surface area contributed by atoms with E-state index in [0.29, 0.717) is 11.6 Å². The number of aryl methyl sites for hydroxylation is 1. The van der Waals surface area contributed by atoms with Crippen LogP contribution in [0.2, 0.25) is 0 Å². The van der Waals surface area contributed by atoms with E-state index < -0.39 is 27.0 Å². The minimum absolute atomic E-state index is 0.0528. The van der Waals surface area contributed by atoms with E-state index in [1.54, 1.807) is 6.92 Å². The molecular formula is C15H19F3O5S. The Bertz CT molecular complexity index is 823. The average molecular weight is 368 g/mol. The maximum Gasteiger partial charge on any atom is 0.534 e. The molecule has 0 aliphatic heterocycles. The molecule has 0 amide bonds. The predicted octanol–water partition coefficient (Wildman–Crippen LogP) is 4.38. The van der Waals surface area contributed by atoms with Gasteiger partial charge < -0.3 is 8.60 Å². The first-order valence-corrected chi connectivity index (χ1v) is 8.56. The molecule has 0 unspecified atom stereocenters. The van der Waals surface area contributed by atoms with Crippen molar-refractivity contribution in [3.05, 3.63) is 40.2 Å². The monoisotopic (exact) mass is 368 g/mol. The van der Waals surface area contributed by atoms with Gasteiger partial charge in [-0.05, 0) is 24.6 Å². The predicted molar refractivity (Wildman–Crippen MR) is 85.5 cm³/mol. The van der Waals surface area contributed by atoms with Crippen LogP contribution in [-0.4, -0.2) is 13.9 Å². The molecule has 24 heavy (non-hydrogen) atoms. The maximum atomic E-state index is 12.3. The lowest BCUT2D eigenvalue weighted by molar-refractivity contribution is -0.0499. The van der Waals surface area contributed by atoms with Gasteiger partial charge in [-0.15, -0.1) is 0 Å². The molecule has 0 fully saturated rings. The Morgan fingerprint density at radius 2 is 1.58 bits per heavy atom. The fraction of sp³-hybridized carbons (Fsp3) is 0.400. The van der Waals surface area contributed by atoms with Gasteiger partial charge in [-0.25, -0.2) is 4.79 Å². The van der Waals surface area contributed by atoms with Gasteiger partial charge in [-0.3, -0.25) is 0 Å². The third-order valence-electron chi connectivity index (χ3n) is 2.35. The second-order valence-corrected chi connectivity index (χ2v) is 5.45. The first-order valence-electron chi connectivity index (χ1n) is 7.15. The summed E-state index contributed by atoms with van der Waals surface area (Å²) >= 11 is 0.